The number of carbonyl (C=O) groups excluding carboxylic acids is 2. The number of carboxylic acid groups (broad SMARTS) is 1. The lowest BCUT2D eigenvalue weighted by Gasteiger charge is -2.30. The molecule has 7 nitrogen and oxygen atoms in total. The third-order valence-corrected chi connectivity index (χ3v) is 4.41. The van der Waals surface area contributed by atoms with Gasteiger partial charge in [-0.25, -0.2) is 4.79 Å². The molecule has 7 heteroatoms. The summed E-state index contributed by atoms with van der Waals surface area (Å²) in [6.07, 6.45) is 2.97. The Morgan fingerprint density at radius 1 is 1.08 bits per heavy atom. The number of carbonyl (C=O) groups is 3. The highest BCUT2D eigenvalue weighted by atomic mass is 16.4. The summed E-state index contributed by atoms with van der Waals surface area (Å²) < 4.78 is 0. The number of piperidine rings is 1. The fraction of sp³-hybridized carbons (Fsp3) is 0.471. The third kappa shape index (κ3) is 4.04. The number of likely N-dealkylation sites (tertiary alicyclic amines) is 1. The second kappa shape index (κ2) is 6.90. The molecule has 0 radical (unpaired) electrons. The van der Waals surface area contributed by atoms with E-state index in [-0.39, 0.29) is 23.9 Å². The summed E-state index contributed by atoms with van der Waals surface area (Å²) in [5.74, 6) is -1.30. The first-order chi connectivity index (χ1) is 11.5. The molecule has 3 rings (SSSR count). The van der Waals surface area contributed by atoms with E-state index in [4.69, 9.17) is 5.11 Å². The zero-order valence-corrected chi connectivity index (χ0v) is 13.3. The smallest absolute Gasteiger partial charge is 0.319 e. The largest absolute Gasteiger partial charge is 0.481 e. The molecular weight excluding hydrogens is 310 g/mol. The molecule has 1 aromatic carbocycles. The Labute approximate surface area is 140 Å². The van der Waals surface area contributed by atoms with Crippen molar-refractivity contribution in [2.75, 3.05) is 18.4 Å². The molecule has 3 N–H and O–H groups in total. The summed E-state index contributed by atoms with van der Waals surface area (Å²) in [6.45, 7) is 0.880. The van der Waals surface area contributed by atoms with E-state index in [9.17, 15) is 14.4 Å². The number of anilines is 1. The van der Waals surface area contributed by atoms with Crippen LogP contribution in [0.3, 0.4) is 0 Å². The minimum absolute atomic E-state index is 0.134. The van der Waals surface area contributed by atoms with Crippen LogP contribution in [0.25, 0.3) is 0 Å². The van der Waals surface area contributed by atoms with Gasteiger partial charge in [-0.05, 0) is 43.9 Å². The number of amides is 3. The highest BCUT2D eigenvalue weighted by Gasteiger charge is 2.27. The standard InChI is InChI=1S/C17H21N3O4/c21-15(20-8-6-11(7-9-20)16(22)23)12-2-1-3-14(10-12)19-17(24)18-13-4-5-13/h1-3,10-11,13H,4-9H2,(H,22,23)(H2,18,19,24). The molecule has 24 heavy (non-hydrogen) atoms. The quantitative estimate of drug-likeness (QED) is 0.785. The molecule has 1 aliphatic carbocycles. The van der Waals surface area contributed by atoms with Gasteiger partial charge in [-0.2, -0.15) is 0 Å². The molecule has 1 aliphatic heterocycles. The van der Waals surface area contributed by atoms with Crippen LogP contribution in [0.4, 0.5) is 10.5 Å². The normalized spacial score (nSPS) is 18.1. The number of nitrogens with zero attached hydrogens (tertiary/aromatic N) is 1. The Balaban J connectivity index is 1.59. The van der Waals surface area contributed by atoms with E-state index in [1.54, 1.807) is 29.2 Å². The Bertz CT molecular complexity index is 649. The van der Waals surface area contributed by atoms with Crippen molar-refractivity contribution in [1.29, 1.82) is 0 Å². The van der Waals surface area contributed by atoms with Crippen molar-refractivity contribution in [3.8, 4) is 0 Å². The second-order valence-electron chi connectivity index (χ2n) is 6.36. The fourth-order valence-corrected chi connectivity index (χ4v) is 2.82. The van der Waals surface area contributed by atoms with Crippen LogP contribution in [-0.2, 0) is 4.79 Å². The number of aliphatic carboxylic acids is 1. The third-order valence-electron chi connectivity index (χ3n) is 4.41. The van der Waals surface area contributed by atoms with Gasteiger partial charge in [-0.15, -0.1) is 0 Å². The Hall–Kier alpha value is -2.57. The summed E-state index contributed by atoms with van der Waals surface area (Å²) in [5, 5.41) is 14.6. The van der Waals surface area contributed by atoms with Gasteiger partial charge >= 0.3 is 12.0 Å². The van der Waals surface area contributed by atoms with Gasteiger partial charge in [0.15, 0.2) is 0 Å². The average Bonchev–Trinajstić information content (AvgIpc) is 3.38. The van der Waals surface area contributed by atoms with Crippen molar-refractivity contribution in [1.82, 2.24) is 10.2 Å². The van der Waals surface area contributed by atoms with Crippen LogP contribution in [0.2, 0.25) is 0 Å². The molecule has 1 saturated carbocycles. The summed E-state index contributed by atoms with van der Waals surface area (Å²) in [4.78, 5) is 37.0. The molecule has 0 atom stereocenters. The average molecular weight is 331 g/mol. The zero-order valence-electron chi connectivity index (χ0n) is 13.3. The number of nitrogens with one attached hydrogen (secondary N) is 2. The van der Waals surface area contributed by atoms with E-state index >= 15 is 0 Å². The van der Waals surface area contributed by atoms with E-state index in [2.05, 4.69) is 10.6 Å². The van der Waals surface area contributed by atoms with Crippen molar-refractivity contribution in [3.05, 3.63) is 29.8 Å². The first-order valence-electron chi connectivity index (χ1n) is 8.22. The Morgan fingerprint density at radius 3 is 2.42 bits per heavy atom. The molecule has 3 amide bonds. The van der Waals surface area contributed by atoms with E-state index in [0.29, 0.717) is 37.2 Å². The minimum atomic E-state index is -0.796. The second-order valence-corrected chi connectivity index (χ2v) is 6.36. The van der Waals surface area contributed by atoms with Gasteiger partial charge < -0.3 is 20.6 Å². The van der Waals surface area contributed by atoms with Crippen LogP contribution < -0.4 is 10.6 Å². The lowest BCUT2D eigenvalue weighted by Crippen LogP contribution is -2.40. The van der Waals surface area contributed by atoms with Crippen molar-refractivity contribution >= 4 is 23.6 Å². The SMILES string of the molecule is O=C(Nc1cccc(C(=O)N2CCC(C(=O)O)CC2)c1)NC1CC1. The van der Waals surface area contributed by atoms with E-state index < -0.39 is 5.97 Å². The summed E-state index contributed by atoms with van der Waals surface area (Å²) in [5.41, 5.74) is 1.06. The lowest BCUT2D eigenvalue weighted by molar-refractivity contribution is -0.143. The van der Waals surface area contributed by atoms with Crippen LogP contribution in [0, 0.1) is 5.92 Å². The first kappa shape index (κ1) is 16.3. The van der Waals surface area contributed by atoms with Gasteiger partial charge in [0.25, 0.3) is 5.91 Å². The molecule has 1 aromatic rings. The molecule has 128 valence electrons. The fourth-order valence-electron chi connectivity index (χ4n) is 2.82. The van der Waals surface area contributed by atoms with Crippen LogP contribution in [-0.4, -0.2) is 47.0 Å². The monoisotopic (exact) mass is 331 g/mol. The molecule has 1 saturated heterocycles. The first-order valence-corrected chi connectivity index (χ1v) is 8.22. The lowest BCUT2D eigenvalue weighted by atomic mass is 9.96. The minimum Gasteiger partial charge on any atom is -0.481 e. The molecule has 0 unspecified atom stereocenters. The molecule has 1 heterocycles. The van der Waals surface area contributed by atoms with Gasteiger partial charge in [-0.1, -0.05) is 6.07 Å². The predicted molar refractivity (Wildman–Crippen MR) is 87.9 cm³/mol. The number of benzene rings is 1. The Morgan fingerprint density at radius 2 is 1.79 bits per heavy atom. The number of hydrogen-bond donors (Lipinski definition) is 3. The van der Waals surface area contributed by atoms with Crippen LogP contribution in [0.15, 0.2) is 24.3 Å². The molecule has 2 aliphatic rings. The Kier molecular flexibility index (Phi) is 4.69. The maximum absolute atomic E-state index is 12.6. The number of carboxylic acids is 1. The highest BCUT2D eigenvalue weighted by molar-refractivity contribution is 5.97. The van der Waals surface area contributed by atoms with E-state index in [1.165, 1.54) is 0 Å². The van der Waals surface area contributed by atoms with Gasteiger partial charge in [0.2, 0.25) is 0 Å². The predicted octanol–water partition coefficient (Wildman–Crippen LogP) is 1.91. The van der Waals surface area contributed by atoms with Crippen molar-refractivity contribution in [2.24, 2.45) is 5.92 Å². The van der Waals surface area contributed by atoms with Gasteiger partial charge in [0.1, 0.15) is 0 Å². The summed E-state index contributed by atoms with van der Waals surface area (Å²) in [7, 11) is 0. The summed E-state index contributed by atoms with van der Waals surface area (Å²) >= 11 is 0. The van der Waals surface area contributed by atoms with E-state index in [1.807, 2.05) is 0 Å². The molecule has 0 spiro atoms. The van der Waals surface area contributed by atoms with E-state index in [0.717, 1.165) is 12.8 Å². The molecule has 0 bridgehead atoms. The maximum Gasteiger partial charge on any atom is 0.319 e. The topological polar surface area (TPSA) is 98.7 Å². The zero-order chi connectivity index (χ0) is 17.1. The van der Waals surface area contributed by atoms with Crippen LogP contribution >= 0.6 is 0 Å². The number of rotatable bonds is 4. The van der Waals surface area contributed by atoms with Crippen molar-refractivity contribution in [2.45, 2.75) is 31.7 Å². The van der Waals surface area contributed by atoms with Crippen LogP contribution in [0.5, 0.6) is 0 Å². The molecule has 2 fully saturated rings. The van der Waals surface area contributed by atoms with Gasteiger partial charge in [-0.3, -0.25) is 9.59 Å². The highest BCUT2D eigenvalue weighted by Crippen LogP contribution is 2.21. The number of hydrogen-bond acceptors (Lipinski definition) is 3. The molecular formula is C17H21N3O4. The van der Waals surface area contributed by atoms with Crippen molar-refractivity contribution in [3.63, 3.8) is 0 Å². The van der Waals surface area contributed by atoms with Crippen molar-refractivity contribution < 1.29 is 19.5 Å². The van der Waals surface area contributed by atoms with Gasteiger partial charge in [0.05, 0.1) is 5.92 Å². The molecule has 0 aromatic heterocycles. The number of urea groups is 1. The maximum atomic E-state index is 12.6. The van der Waals surface area contributed by atoms with Crippen LogP contribution in [0.1, 0.15) is 36.0 Å². The summed E-state index contributed by atoms with van der Waals surface area (Å²) in [6, 6.07) is 6.83. The van der Waals surface area contributed by atoms with Gasteiger partial charge in [0, 0.05) is 30.4 Å².